The second-order valence-corrected chi connectivity index (χ2v) is 7.86. The Morgan fingerprint density at radius 1 is 0.912 bits per heavy atom. The summed E-state index contributed by atoms with van der Waals surface area (Å²) in [5.41, 5.74) is 1.07. The molecule has 2 N–H and O–H groups in total. The van der Waals surface area contributed by atoms with E-state index in [1.54, 1.807) is 61.5 Å². The Balaban J connectivity index is 0.000000323. The number of carboxylic acid groups (broad SMARTS) is 1. The zero-order valence-electron chi connectivity index (χ0n) is 19.2. The van der Waals surface area contributed by atoms with Crippen LogP contribution >= 0.6 is 0 Å². The zero-order chi connectivity index (χ0) is 23.1. The molecule has 8 heteroatoms. The molecule has 4 unspecified atom stereocenters. The first-order valence-corrected chi connectivity index (χ1v) is 10.7. The number of allylic oxidation sites excluding steroid dienone is 2. The van der Waals surface area contributed by atoms with Crippen molar-refractivity contribution in [2.75, 3.05) is 6.61 Å². The van der Waals surface area contributed by atoms with Gasteiger partial charge in [0.2, 0.25) is 0 Å². The van der Waals surface area contributed by atoms with Gasteiger partial charge in [0, 0.05) is 11.1 Å². The molecule has 2 saturated carbocycles. The number of hydrogen-bond donors (Lipinski definition) is 1. The standard InChI is InChI=1S/C14H15FO2.C12H11FO2.Li.H2O/c1-2-17-14(16)12-9-11(12)8-7-10-5-3-4-6-13(10)15;13-11-4-2-1-3-8(11)5-6-9-7-10(9)12(14)15;;/h3-8,11-12H,2,9H2,1H3;1-6,9-10H,7H2,(H,14,15);;1H2/q;;+1;/p-1/b8-7+;6-5+;;. The Morgan fingerprint density at radius 3 is 1.76 bits per heavy atom. The molecule has 2 fully saturated rings. The predicted octanol–water partition coefficient (Wildman–Crippen LogP) is 2.42. The Labute approximate surface area is 210 Å². The number of carbonyl (C=O) groups excluding carboxylic acids is 1. The van der Waals surface area contributed by atoms with Gasteiger partial charge in [0.05, 0.1) is 18.4 Å². The Bertz CT molecular complexity index is 1020. The molecule has 2 aliphatic carbocycles. The van der Waals surface area contributed by atoms with Crippen LogP contribution in [0.3, 0.4) is 0 Å². The quantitative estimate of drug-likeness (QED) is 0.502. The van der Waals surface area contributed by atoms with Gasteiger partial charge in [-0.1, -0.05) is 60.7 Å². The number of benzene rings is 2. The van der Waals surface area contributed by atoms with Crippen LogP contribution in [0.15, 0.2) is 60.7 Å². The van der Waals surface area contributed by atoms with Crippen molar-refractivity contribution >= 4 is 24.1 Å². The third-order valence-electron chi connectivity index (χ3n) is 5.44. The van der Waals surface area contributed by atoms with Gasteiger partial charge in [0.25, 0.3) is 0 Å². The normalized spacial score (nSPS) is 22.1. The van der Waals surface area contributed by atoms with Gasteiger partial charge in [-0.2, -0.15) is 0 Å². The van der Waals surface area contributed by atoms with Crippen LogP contribution < -0.4 is 18.9 Å². The van der Waals surface area contributed by atoms with Crippen LogP contribution in [0.5, 0.6) is 0 Å². The maximum Gasteiger partial charge on any atom is 1.00 e. The first-order chi connectivity index (χ1) is 15.4. The molecule has 4 rings (SSSR count). The largest absolute Gasteiger partial charge is 1.00 e. The summed E-state index contributed by atoms with van der Waals surface area (Å²) in [5.74, 6) is -1.45. The second kappa shape index (κ2) is 13.9. The van der Waals surface area contributed by atoms with Gasteiger partial charge in [0.1, 0.15) is 11.6 Å². The van der Waals surface area contributed by atoms with Crippen LogP contribution in [0.1, 0.15) is 30.9 Å². The van der Waals surface area contributed by atoms with Crippen molar-refractivity contribution in [3.63, 3.8) is 0 Å². The molecule has 0 aromatic heterocycles. The van der Waals surface area contributed by atoms with Crippen LogP contribution in [0.25, 0.3) is 12.2 Å². The summed E-state index contributed by atoms with van der Waals surface area (Å²) in [6, 6.07) is 13.0. The fourth-order valence-electron chi connectivity index (χ4n) is 3.33. The van der Waals surface area contributed by atoms with E-state index in [1.807, 2.05) is 6.08 Å². The number of rotatable bonds is 7. The Kier molecular flexibility index (Phi) is 11.9. The van der Waals surface area contributed by atoms with Crippen molar-refractivity contribution in [2.24, 2.45) is 23.7 Å². The van der Waals surface area contributed by atoms with Gasteiger partial charge in [-0.3, -0.25) is 9.59 Å². The van der Waals surface area contributed by atoms with E-state index < -0.39 is 5.97 Å². The number of esters is 1. The molecule has 0 spiro atoms. The molecule has 2 aromatic carbocycles. The Morgan fingerprint density at radius 2 is 1.35 bits per heavy atom. The number of aliphatic carboxylic acids is 1. The fraction of sp³-hybridized carbons (Fsp3) is 0.308. The van der Waals surface area contributed by atoms with Crippen molar-refractivity contribution in [2.45, 2.75) is 19.8 Å². The maximum absolute atomic E-state index is 13.3. The molecule has 176 valence electrons. The minimum atomic E-state index is -0.766. The molecule has 0 aliphatic heterocycles. The monoisotopic (exact) mass is 464 g/mol. The minimum Gasteiger partial charge on any atom is -0.870 e. The van der Waals surface area contributed by atoms with E-state index in [4.69, 9.17) is 9.84 Å². The van der Waals surface area contributed by atoms with Gasteiger partial charge in [-0.05, 0) is 43.7 Å². The summed E-state index contributed by atoms with van der Waals surface area (Å²) in [7, 11) is 0. The number of hydrogen-bond acceptors (Lipinski definition) is 4. The number of ether oxygens (including phenoxy) is 1. The molecule has 0 heterocycles. The first-order valence-electron chi connectivity index (χ1n) is 10.7. The molecule has 5 nitrogen and oxygen atoms in total. The molecular formula is C26H27F2LiO5. The molecular weight excluding hydrogens is 437 g/mol. The summed E-state index contributed by atoms with van der Waals surface area (Å²) >= 11 is 0. The topological polar surface area (TPSA) is 93.6 Å². The summed E-state index contributed by atoms with van der Waals surface area (Å²) in [5, 5.41) is 8.67. The van der Waals surface area contributed by atoms with Crippen LogP contribution in [0.4, 0.5) is 8.78 Å². The van der Waals surface area contributed by atoms with E-state index in [0.717, 1.165) is 6.42 Å². The van der Waals surface area contributed by atoms with Crippen molar-refractivity contribution < 1.29 is 52.6 Å². The van der Waals surface area contributed by atoms with Crippen molar-refractivity contribution in [1.82, 2.24) is 0 Å². The number of carboxylic acids is 1. The van der Waals surface area contributed by atoms with Gasteiger partial charge in [-0.25, -0.2) is 8.78 Å². The van der Waals surface area contributed by atoms with Gasteiger partial charge in [-0.15, -0.1) is 0 Å². The van der Waals surface area contributed by atoms with Gasteiger partial charge < -0.3 is 15.3 Å². The van der Waals surface area contributed by atoms with Crippen molar-refractivity contribution in [3.8, 4) is 0 Å². The first kappa shape index (κ1) is 29.3. The summed E-state index contributed by atoms with van der Waals surface area (Å²) < 4.78 is 31.4. The smallest absolute Gasteiger partial charge is 0.870 e. The average molecular weight is 464 g/mol. The summed E-state index contributed by atoms with van der Waals surface area (Å²) in [4.78, 5) is 21.9. The predicted molar refractivity (Wildman–Crippen MR) is 120 cm³/mol. The van der Waals surface area contributed by atoms with E-state index in [-0.39, 0.29) is 65.6 Å². The van der Waals surface area contributed by atoms with Gasteiger partial charge in [0.15, 0.2) is 0 Å². The molecule has 0 bridgehead atoms. The number of halogens is 2. The average Bonchev–Trinajstić information content (AvgIpc) is 3.68. The third-order valence-corrected chi connectivity index (χ3v) is 5.44. The van der Waals surface area contributed by atoms with Crippen LogP contribution in [0, 0.1) is 35.3 Å². The van der Waals surface area contributed by atoms with Crippen molar-refractivity contribution in [1.29, 1.82) is 0 Å². The Hall–Kier alpha value is -2.72. The van der Waals surface area contributed by atoms with E-state index in [9.17, 15) is 18.4 Å². The summed E-state index contributed by atoms with van der Waals surface area (Å²) in [6.45, 7) is 2.21. The van der Waals surface area contributed by atoms with E-state index in [1.165, 1.54) is 12.1 Å². The minimum absolute atomic E-state index is 0. The molecule has 2 aliphatic rings. The molecule has 0 amide bonds. The van der Waals surface area contributed by atoms with Crippen LogP contribution in [-0.4, -0.2) is 29.1 Å². The molecule has 2 aromatic rings. The van der Waals surface area contributed by atoms with E-state index >= 15 is 0 Å². The molecule has 4 atom stereocenters. The van der Waals surface area contributed by atoms with Gasteiger partial charge >= 0.3 is 30.8 Å². The maximum atomic E-state index is 13.3. The molecule has 34 heavy (non-hydrogen) atoms. The molecule has 0 radical (unpaired) electrons. The number of carbonyl (C=O) groups is 2. The van der Waals surface area contributed by atoms with Crippen LogP contribution in [-0.2, 0) is 14.3 Å². The van der Waals surface area contributed by atoms with Crippen molar-refractivity contribution in [3.05, 3.63) is 83.4 Å². The van der Waals surface area contributed by atoms with Crippen LogP contribution in [0.2, 0.25) is 0 Å². The van der Waals surface area contributed by atoms with E-state index in [2.05, 4.69) is 0 Å². The fourth-order valence-corrected chi connectivity index (χ4v) is 3.33. The van der Waals surface area contributed by atoms with E-state index in [0.29, 0.717) is 24.2 Å². The summed E-state index contributed by atoms with van der Waals surface area (Å²) in [6.07, 6.45) is 8.53. The zero-order valence-corrected chi connectivity index (χ0v) is 19.2. The second-order valence-electron chi connectivity index (χ2n) is 7.86. The molecule has 0 saturated heterocycles. The SMILES string of the molecule is CCOC(=O)C1CC1/C=C/c1ccccc1F.O=C(O)C1CC1/C=C/c1ccccc1F.[Li+].[OH-]. The third kappa shape index (κ3) is 8.57.